The number of phosphoric ester groups is 1. The molecule has 1 unspecified atom stereocenters. The van der Waals surface area contributed by atoms with Crippen molar-refractivity contribution in [1.29, 1.82) is 0 Å². The zero-order chi connectivity index (χ0) is 20.8. The molecule has 6 N–H and O–H groups in total. The normalized spacial score (nSPS) is 30.8. The Hall–Kier alpha value is 0.188. The van der Waals surface area contributed by atoms with Crippen LogP contribution in [-0.4, -0.2) is 107 Å². The SMILES string of the molecule is C[As](C)(=O)C[C@H]1O[C@@H](OC[C@@H](O)COP(=O)(O)OC[C@@H](O)CO)[C@H](O)[C@@H]1O. The molecule has 1 saturated heterocycles. The summed E-state index contributed by atoms with van der Waals surface area (Å²) in [7, 11) is -4.55. The average Bonchev–Trinajstić information content (AvgIpc) is 2.82. The van der Waals surface area contributed by atoms with Gasteiger partial charge in [0.15, 0.2) is 0 Å². The van der Waals surface area contributed by atoms with Gasteiger partial charge in [0.25, 0.3) is 0 Å². The zero-order valence-corrected chi connectivity index (χ0v) is 17.8. The van der Waals surface area contributed by atoms with Gasteiger partial charge in [-0.05, 0) is 0 Å². The Morgan fingerprint density at radius 1 is 1.07 bits per heavy atom. The number of rotatable bonds is 12. The van der Waals surface area contributed by atoms with E-state index < -0.39 is 84.6 Å². The molecule has 0 aromatic heterocycles. The second-order valence-corrected chi connectivity index (χ2v) is 15.5. The van der Waals surface area contributed by atoms with E-state index in [0.29, 0.717) is 0 Å². The first-order chi connectivity index (χ1) is 12.3. The van der Waals surface area contributed by atoms with Crippen molar-refractivity contribution in [1.82, 2.24) is 0 Å². The number of aliphatic hydroxyl groups excluding tert-OH is 5. The van der Waals surface area contributed by atoms with Crippen LogP contribution in [0.2, 0.25) is 16.6 Å². The summed E-state index contributed by atoms with van der Waals surface area (Å²) in [5.74, 6) is 0. The minimum absolute atomic E-state index is 0.104. The number of phosphoric acid groups is 1. The van der Waals surface area contributed by atoms with E-state index in [4.69, 9.17) is 19.7 Å². The van der Waals surface area contributed by atoms with E-state index in [2.05, 4.69) is 9.05 Å². The topological polar surface area (TPSA) is 192 Å². The molecule has 1 heterocycles. The van der Waals surface area contributed by atoms with Crippen LogP contribution in [0, 0.1) is 0 Å². The molecule has 1 rings (SSSR count). The number of ether oxygens (including phenoxy) is 2. The monoisotopic (exact) mass is 482 g/mol. The van der Waals surface area contributed by atoms with E-state index in [9.17, 15) is 28.5 Å². The van der Waals surface area contributed by atoms with Crippen molar-refractivity contribution in [3.63, 3.8) is 0 Å². The van der Waals surface area contributed by atoms with Crippen molar-refractivity contribution in [3.05, 3.63) is 0 Å². The van der Waals surface area contributed by atoms with Crippen molar-refractivity contribution in [2.24, 2.45) is 0 Å². The average molecular weight is 482 g/mol. The Morgan fingerprint density at radius 3 is 2.15 bits per heavy atom. The summed E-state index contributed by atoms with van der Waals surface area (Å²) in [6.45, 7) is -2.43. The van der Waals surface area contributed by atoms with Crippen LogP contribution in [0.25, 0.3) is 0 Å². The van der Waals surface area contributed by atoms with Gasteiger partial charge in [-0.2, -0.15) is 0 Å². The van der Waals surface area contributed by atoms with E-state index in [1.807, 2.05) is 0 Å². The standard InChI is InChI=1S/C13H28AsO12P/c1-14(2,20)3-10-11(18)12(19)13(26-10)23-5-9(17)7-25-27(21,22)24-6-8(16)4-15/h8-13,15-19H,3-7H2,1-2H3,(H,21,22)/t8-,9+,10+,11+,12+,13+/m0/s1. The van der Waals surface area contributed by atoms with E-state index in [1.54, 1.807) is 11.4 Å². The number of hydrogen-bond donors (Lipinski definition) is 6. The summed E-state index contributed by atoms with van der Waals surface area (Å²) in [5.41, 5.74) is 3.15. The third kappa shape index (κ3) is 9.49. The summed E-state index contributed by atoms with van der Waals surface area (Å²) >= 11 is -3.13. The molecular formula is C13H28AsO12P. The quantitative estimate of drug-likeness (QED) is 0.132. The molecule has 0 bridgehead atoms. The first-order valence-electron chi connectivity index (χ1n) is 8.10. The van der Waals surface area contributed by atoms with Crippen molar-refractivity contribution < 1.29 is 57.3 Å². The summed E-state index contributed by atoms with van der Waals surface area (Å²) in [5, 5.41) is 47.3. The molecule has 162 valence electrons. The molecule has 1 fully saturated rings. The molecule has 1 aliphatic heterocycles. The van der Waals surface area contributed by atoms with Gasteiger partial charge >= 0.3 is 136 Å². The van der Waals surface area contributed by atoms with Gasteiger partial charge in [-0.25, -0.2) is 0 Å². The number of hydrogen-bond acceptors (Lipinski definition) is 11. The second-order valence-electron chi connectivity index (χ2n) is 6.66. The minimum atomic E-state index is -4.55. The van der Waals surface area contributed by atoms with Crippen molar-refractivity contribution in [2.45, 2.75) is 53.4 Å². The van der Waals surface area contributed by atoms with Crippen LogP contribution in [0.4, 0.5) is 0 Å². The third-order valence-corrected chi connectivity index (χ3v) is 7.01. The summed E-state index contributed by atoms with van der Waals surface area (Å²) in [6.07, 6.45) is -7.57. The summed E-state index contributed by atoms with van der Waals surface area (Å²) in [6, 6.07) is 0. The Kier molecular flexibility index (Phi) is 10.1. The van der Waals surface area contributed by atoms with Crippen LogP contribution in [-0.2, 0) is 26.8 Å². The van der Waals surface area contributed by atoms with Gasteiger partial charge in [-0.3, -0.25) is 0 Å². The van der Waals surface area contributed by atoms with Gasteiger partial charge in [0.1, 0.15) is 6.10 Å². The molecule has 0 aliphatic carbocycles. The van der Waals surface area contributed by atoms with Gasteiger partial charge in [-0.1, -0.05) is 0 Å². The first-order valence-corrected chi connectivity index (χ1v) is 15.4. The fourth-order valence-corrected chi connectivity index (χ4v) is 5.39. The Balaban J connectivity index is 2.38. The van der Waals surface area contributed by atoms with E-state index in [1.165, 1.54) is 0 Å². The van der Waals surface area contributed by atoms with Gasteiger partial charge in [0, 0.05) is 0 Å². The fourth-order valence-electron chi connectivity index (χ4n) is 2.14. The van der Waals surface area contributed by atoms with Gasteiger partial charge in [-0.15, -0.1) is 0 Å². The van der Waals surface area contributed by atoms with Crippen LogP contribution in [0.5, 0.6) is 0 Å². The number of aliphatic hydroxyl groups is 5. The third-order valence-electron chi connectivity index (χ3n) is 3.46. The van der Waals surface area contributed by atoms with Gasteiger partial charge in [0.2, 0.25) is 0 Å². The van der Waals surface area contributed by atoms with Crippen molar-refractivity contribution in [3.8, 4) is 0 Å². The van der Waals surface area contributed by atoms with Crippen molar-refractivity contribution in [2.75, 3.05) is 26.4 Å². The molecule has 1 aliphatic rings. The van der Waals surface area contributed by atoms with Crippen LogP contribution >= 0.6 is 7.82 Å². The Morgan fingerprint density at radius 2 is 1.63 bits per heavy atom. The second kappa shape index (κ2) is 10.8. The molecule has 14 heteroatoms. The van der Waals surface area contributed by atoms with Crippen LogP contribution < -0.4 is 0 Å². The maximum atomic E-state index is 11.9. The summed E-state index contributed by atoms with van der Waals surface area (Å²) in [4.78, 5) is 9.35. The molecule has 0 spiro atoms. The maximum absolute atomic E-state index is 11.9. The Bertz CT molecular complexity index is 541. The molecule has 27 heavy (non-hydrogen) atoms. The molecule has 0 radical (unpaired) electrons. The molecule has 0 amide bonds. The fraction of sp³-hybridized carbons (Fsp3) is 1.00. The zero-order valence-electron chi connectivity index (χ0n) is 15.0. The Labute approximate surface area is 158 Å². The predicted octanol–water partition coefficient (Wildman–Crippen LogP) is -2.07. The molecule has 0 aromatic carbocycles. The predicted molar refractivity (Wildman–Crippen MR) is 90.4 cm³/mol. The molecule has 0 aromatic rings. The molecular weight excluding hydrogens is 454 g/mol. The van der Waals surface area contributed by atoms with E-state index in [-0.39, 0.29) is 5.21 Å². The van der Waals surface area contributed by atoms with Crippen LogP contribution in [0.3, 0.4) is 0 Å². The van der Waals surface area contributed by atoms with E-state index in [0.717, 1.165) is 0 Å². The first kappa shape index (κ1) is 25.2. The van der Waals surface area contributed by atoms with Gasteiger partial charge in [0.05, 0.1) is 6.61 Å². The molecule has 12 nitrogen and oxygen atoms in total. The molecule has 0 saturated carbocycles. The summed E-state index contributed by atoms with van der Waals surface area (Å²) < 4.78 is 42.8. The van der Waals surface area contributed by atoms with Crippen molar-refractivity contribution >= 4 is 21.3 Å². The van der Waals surface area contributed by atoms with Crippen LogP contribution in [0.1, 0.15) is 0 Å². The van der Waals surface area contributed by atoms with Crippen LogP contribution in [0.15, 0.2) is 0 Å². The van der Waals surface area contributed by atoms with Gasteiger partial charge < -0.3 is 10.2 Å². The van der Waals surface area contributed by atoms with E-state index >= 15 is 0 Å². The molecule has 7 atom stereocenters.